The fraction of sp³-hybridized carbons (Fsp3) is 0.391. The molecule has 2 N–H and O–H groups in total. The van der Waals surface area contributed by atoms with Crippen LogP contribution in [0.1, 0.15) is 44.9 Å². The Morgan fingerprint density at radius 1 is 1.00 bits per heavy atom. The molecule has 0 aliphatic rings. The van der Waals surface area contributed by atoms with Crippen molar-refractivity contribution in [3.05, 3.63) is 71.8 Å². The summed E-state index contributed by atoms with van der Waals surface area (Å²) in [6.45, 7) is 8.16. The van der Waals surface area contributed by atoms with Crippen LogP contribution < -0.4 is 10.6 Å². The zero-order valence-electron chi connectivity index (χ0n) is 17.5. The number of carbonyl (C=O) groups excluding carboxylic acids is 1. The first kappa shape index (κ1) is 22.8. The SMILES string of the molecule is C[C@@H](NC(=S)[C@H](COCc1ccccc1)NC(=O)OC(C)(C)C)c1ccccc1. The summed E-state index contributed by atoms with van der Waals surface area (Å²) in [6.07, 6.45) is -0.526. The molecule has 0 spiro atoms. The van der Waals surface area contributed by atoms with Crippen LogP contribution in [0.2, 0.25) is 0 Å². The number of amides is 1. The van der Waals surface area contributed by atoms with Crippen molar-refractivity contribution in [2.24, 2.45) is 0 Å². The minimum atomic E-state index is -0.591. The fourth-order valence-corrected chi connectivity index (χ4v) is 2.94. The second-order valence-electron chi connectivity index (χ2n) is 7.84. The molecule has 0 saturated carbocycles. The Morgan fingerprint density at radius 2 is 1.59 bits per heavy atom. The van der Waals surface area contributed by atoms with Crippen molar-refractivity contribution in [3.8, 4) is 0 Å². The van der Waals surface area contributed by atoms with Gasteiger partial charge < -0.3 is 20.1 Å². The quantitative estimate of drug-likeness (QED) is 0.609. The normalized spacial score (nSPS) is 13.2. The van der Waals surface area contributed by atoms with Gasteiger partial charge in [0.1, 0.15) is 16.6 Å². The Balaban J connectivity index is 1.99. The molecule has 1 amide bonds. The highest BCUT2D eigenvalue weighted by atomic mass is 32.1. The van der Waals surface area contributed by atoms with Crippen molar-refractivity contribution in [2.45, 2.75) is 52.0 Å². The molecule has 0 saturated heterocycles. The summed E-state index contributed by atoms with van der Waals surface area (Å²) in [5.74, 6) is 0. The summed E-state index contributed by atoms with van der Waals surface area (Å²) in [6, 6.07) is 19.4. The maximum Gasteiger partial charge on any atom is 0.408 e. The third kappa shape index (κ3) is 8.62. The standard InChI is InChI=1S/C23H30N2O3S/c1-17(19-13-9-6-10-14-19)24-21(29)20(25-22(26)28-23(2,3)4)16-27-15-18-11-7-5-8-12-18/h5-14,17,20H,15-16H2,1-4H3,(H,24,29)(H,25,26)/t17-,20+/m1/s1. The van der Waals surface area contributed by atoms with E-state index in [0.717, 1.165) is 11.1 Å². The number of rotatable bonds is 8. The van der Waals surface area contributed by atoms with E-state index < -0.39 is 17.7 Å². The number of carbonyl (C=O) groups is 1. The molecular weight excluding hydrogens is 384 g/mol. The molecule has 2 aromatic rings. The Bertz CT molecular complexity index is 776. The van der Waals surface area contributed by atoms with Crippen molar-refractivity contribution in [1.82, 2.24) is 10.6 Å². The molecular formula is C23H30N2O3S. The van der Waals surface area contributed by atoms with Crippen molar-refractivity contribution in [1.29, 1.82) is 0 Å². The number of ether oxygens (including phenoxy) is 2. The first-order valence-electron chi connectivity index (χ1n) is 9.71. The molecule has 6 heteroatoms. The maximum atomic E-state index is 12.3. The number of hydrogen-bond donors (Lipinski definition) is 2. The van der Waals surface area contributed by atoms with Crippen LogP contribution in [-0.4, -0.2) is 29.3 Å². The van der Waals surface area contributed by atoms with Gasteiger partial charge in [0.2, 0.25) is 0 Å². The molecule has 0 heterocycles. The van der Waals surface area contributed by atoms with E-state index >= 15 is 0 Å². The maximum absolute atomic E-state index is 12.3. The summed E-state index contributed by atoms with van der Waals surface area (Å²) >= 11 is 5.58. The lowest BCUT2D eigenvalue weighted by Gasteiger charge is -2.26. The summed E-state index contributed by atoms with van der Waals surface area (Å²) in [5, 5.41) is 6.12. The highest BCUT2D eigenvalue weighted by molar-refractivity contribution is 7.80. The lowest BCUT2D eigenvalue weighted by atomic mass is 10.1. The second kappa shape index (κ2) is 10.9. The molecule has 5 nitrogen and oxygen atoms in total. The highest BCUT2D eigenvalue weighted by Crippen LogP contribution is 2.12. The third-order valence-electron chi connectivity index (χ3n) is 4.06. The zero-order valence-corrected chi connectivity index (χ0v) is 18.3. The van der Waals surface area contributed by atoms with E-state index in [4.69, 9.17) is 21.7 Å². The summed E-state index contributed by atoms with van der Waals surface area (Å²) in [4.78, 5) is 12.8. The van der Waals surface area contributed by atoms with Gasteiger partial charge in [-0.15, -0.1) is 0 Å². The average molecular weight is 415 g/mol. The van der Waals surface area contributed by atoms with Crippen molar-refractivity contribution >= 4 is 23.3 Å². The van der Waals surface area contributed by atoms with Gasteiger partial charge in [-0.3, -0.25) is 0 Å². The Kier molecular flexibility index (Phi) is 8.61. The molecule has 0 aliphatic carbocycles. The highest BCUT2D eigenvalue weighted by Gasteiger charge is 2.23. The first-order chi connectivity index (χ1) is 13.7. The summed E-state index contributed by atoms with van der Waals surface area (Å²) in [7, 11) is 0. The van der Waals surface area contributed by atoms with E-state index in [1.807, 2.05) is 88.4 Å². The predicted octanol–water partition coefficient (Wildman–Crippen LogP) is 4.77. The van der Waals surface area contributed by atoms with Crippen molar-refractivity contribution in [2.75, 3.05) is 6.61 Å². The molecule has 0 bridgehead atoms. The number of thiocarbonyl (C=S) groups is 1. The van der Waals surface area contributed by atoms with Gasteiger partial charge in [-0.1, -0.05) is 72.9 Å². The predicted molar refractivity (Wildman–Crippen MR) is 120 cm³/mol. The number of benzene rings is 2. The second-order valence-corrected chi connectivity index (χ2v) is 8.28. The van der Waals surface area contributed by atoms with Crippen LogP contribution in [0.4, 0.5) is 4.79 Å². The molecule has 2 rings (SSSR count). The van der Waals surface area contributed by atoms with Gasteiger partial charge in [-0.2, -0.15) is 0 Å². The van der Waals surface area contributed by atoms with Crippen LogP contribution in [0.15, 0.2) is 60.7 Å². The molecule has 156 valence electrons. The molecule has 0 radical (unpaired) electrons. The van der Waals surface area contributed by atoms with Crippen LogP contribution in [0.25, 0.3) is 0 Å². The van der Waals surface area contributed by atoms with E-state index in [2.05, 4.69) is 10.6 Å². The van der Waals surface area contributed by atoms with Crippen LogP contribution in [-0.2, 0) is 16.1 Å². The molecule has 0 fully saturated rings. The summed E-state index contributed by atoms with van der Waals surface area (Å²) < 4.78 is 11.2. The van der Waals surface area contributed by atoms with Crippen LogP contribution in [0.5, 0.6) is 0 Å². The van der Waals surface area contributed by atoms with Gasteiger partial charge in [0.05, 0.1) is 13.2 Å². The number of hydrogen-bond acceptors (Lipinski definition) is 4. The van der Waals surface area contributed by atoms with E-state index in [1.165, 1.54) is 0 Å². The monoisotopic (exact) mass is 414 g/mol. The van der Waals surface area contributed by atoms with Gasteiger partial charge in [0.15, 0.2) is 0 Å². The number of nitrogens with one attached hydrogen (secondary N) is 2. The minimum absolute atomic E-state index is 0.000704. The minimum Gasteiger partial charge on any atom is -0.444 e. The molecule has 0 aromatic heterocycles. The summed E-state index contributed by atoms with van der Waals surface area (Å²) in [5.41, 5.74) is 1.57. The van der Waals surface area contributed by atoms with Crippen molar-refractivity contribution < 1.29 is 14.3 Å². The lowest BCUT2D eigenvalue weighted by molar-refractivity contribution is 0.0467. The molecule has 2 aromatic carbocycles. The Morgan fingerprint density at radius 3 is 2.17 bits per heavy atom. The van der Waals surface area contributed by atoms with Crippen LogP contribution >= 0.6 is 12.2 Å². The third-order valence-corrected chi connectivity index (χ3v) is 4.46. The van der Waals surface area contributed by atoms with Gasteiger partial charge in [-0.25, -0.2) is 4.79 Å². The average Bonchev–Trinajstić information content (AvgIpc) is 2.67. The van der Waals surface area contributed by atoms with Gasteiger partial charge in [0, 0.05) is 6.04 Å². The topological polar surface area (TPSA) is 59.6 Å². The van der Waals surface area contributed by atoms with Crippen molar-refractivity contribution in [3.63, 3.8) is 0 Å². The molecule has 0 unspecified atom stereocenters. The molecule has 0 aliphatic heterocycles. The zero-order chi connectivity index (χ0) is 21.3. The van der Waals surface area contributed by atoms with Crippen LogP contribution in [0.3, 0.4) is 0 Å². The van der Waals surface area contributed by atoms with E-state index in [1.54, 1.807) is 0 Å². The Labute approximate surface area is 178 Å². The first-order valence-corrected chi connectivity index (χ1v) is 10.1. The molecule has 2 atom stereocenters. The van der Waals surface area contributed by atoms with Gasteiger partial charge >= 0.3 is 6.09 Å². The van der Waals surface area contributed by atoms with Crippen LogP contribution in [0, 0.1) is 0 Å². The fourth-order valence-electron chi connectivity index (χ4n) is 2.64. The largest absolute Gasteiger partial charge is 0.444 e. The Hall–Kier alpha value is -2.44. The van der Waals surface area contributed by atoms with E-state index in [9.17, 15) is 4.79 Å². The smallest absolute Gasteiger partial charge is 0.408 e. The van der Waals surface area contributed by atoms with Gasteiger partial charge in [-0.05, 0) is 38.8 Å². The number of alkyl carbamates (subject to hydrolysis) is 1. The van der Waals surface area contributed by atoms with Gasteiger partial charge in [0.25, 0.3) is 0 Å². The molecule has 29 heavy (non-hydrogen) atoms. The van der Waals surface area contributed by atoms with E-state index in [0.29, 0.717) is 11.6 Å². The van der Waals surface area contributed by atoms with E-state index in [-0.39, 0.29) is 12.6 Å². The lowest BCUT2D eigenvalue weighted by Crippen LogP contribution is -2.50.